The molecule has 0 bridgehead atoms. The lowest BCUT2D eigenvalue weighted by molar-refractivity contribution is -0.145. The quantitative estimate of drug-likeness (QED) is 0.676. The van der Waals surface area contributed by atoms with Gasteiger partial charge in [0.05, 0.1) is 13.2 Å². The zero-order valence-corrected chi connectivity index (χ0v) is 13.1. The van der Waals surface area contributed by atoms with E-state index in [2.05, 4.69) is 0 Å². The van der Waals surface area contributed by atoms with Crippen molar-refractivity contribution < 1.29 is 19.4 Å². The van der Waals surface area contributed by atoms with Crippen molar-refractivity contribution in [2.75, 3.05) is 19.9 Å². The molecule has 21 heavy (non-hydrogen) atoms. The second-order valence-corrected chi connectivity index (χ2v) is 5.95. The van der Waals surface area contributed by atoms with Gasteiger partial charge in [-0.25, -0.2) is 4.79 Å². The first kappa shape index (κ1) is 15.9. The molecule has 1 N–H and O–H groups in total. The molecule has 1 aromatic rings. The Kier molecular flexibility index (Phi) is 4.90. The van der Waals surface area contributed by atoms with Gasteiger partial charge in [0.2, 0.25) is 0 Å². The van der Waals surface area contributed by atoms with Crippen molar-refractivity contribution in [1.29, 1.82) is 0 Å². The first-order valence-corrected chi connectivity index (χ1v) is 7.92. The average molecular weight is 309 g/mol. The monoisotopic (exact) mass is 309 g/mol. The number of carbonyl (C=O) groups excluding carboxylic acids is 2. The number of aryl methyl sites for hydroxylation is 1. The van der Waals surface area contributed by atoms with Gasteiger partial charge in [-0.15, -0.1) is 11.8 Å². The fraction of sp³-hybridized carbons (Fsp3) is 0.467. The van der Waals surface area contributed by atoms with Crippen LogP contribution in [0.4, 0.5) is 0 Å². The maximum Gasteiger partial charge on any atom is 0.328 e. The van der Waals surface area contributed by atoms with Crippen molar-refractivity contribution >= 4 is 23.6 Å². The van der Waals surface area contributed by atoms with Crippen LogP contribution >= 0.6 is 11.8 Å². The molecule has 1 amide bonds. The van der Waals surface area contributed by atoms with E-state index in [0.717, 1.165) is 10.5 Å². The lowest BCUT2D eigenvalue weighted by Gasteiger charge is -2.23. The summed E-state index contributed by atoms with van der Waals surface area (Å²) in [6, 6.07) is 4.95. The maximum atomic E-state index is 12.7. The smallest absolute Gasteiger partial charge is 0.328 e. The fourth-order valence-corrected chi connectivity index (χ4v) is 2.95. The molecule has 1 aliphatic heterocycles. The predicted molar refractivity (Wildman–Crippen MR) is 80.4 cm³/mol. The third-order valence-electron chi connectivity index (χ3n) is 3.69. The Hall–Kier alpha value is -1.53. The van der Waals surface area contributed by atoms with Crippen molar-refractivity contribution in [3.63, 3.8) is 0 Å². The predicted octanol–water partition coefficient (Wildman–Crippen LogP) is 1.47. The summed E-state index contributed by atoms with van der Waals surface area (Å²) < 4.78 is 4.73. The van der Waals surface area contributed by atoms with Gasteiger partial charge >= 0.3 is 5.97 Å². The molecule has 2 unspecified atom stereocenters. The van der Waals surface area contributed by atoms with Crippen molar-refractivity contribution in [2.24, 2.45) is 0 Å². The zero-order valence-electron chi connectivity index (χ0n) is 12.3. The number of hydrogen-bond acceptors (Lipinski definition) is 5. The molecule has 1 aliphatic rings. The van der Waals surface area contributed by atoms with Crippen molar-refractivity contribution in [1.82, 2.24) is 4.90 Å². The molecular weight excluding hydrogens is 290 g/mol. The lowest BCUT2D eigenvalue weighted by atomic mass is 10.1. The second kappa shape index (κ2) is 6.49. The molecule has 0 saturated carbocycles. The number of likely N-dealkylation sites (tertiary alicyclic amines) is 1. The number of rotatable bonds is 3. The molecule has 2 atom stereocenters. The summed E-state index contributed by atoms with van der Waals surface area (Å²) in [4.78, 5) is 26.9. The van der Waals surface area contributed by atoms with Gasteiger partial charge in [0.1, 0.15) is 6.04 Å². The number of esters is 1. The van der Waals surface area contributed by atoms with E-state index >= 15 is 0 Å². The standard InChI is InChI=1S/C15H19NO4S/c1-9-4-5-11(21-3)7-12(9)14(18)16-8-10(17)6-13(16)15(19)20-2/h4-5,7,10,13,17H,6,8H2,1-3H3. The van der Waals surface area contributed by atoms with Crippen LogP contribution in [-0.4, -0.2) is 53.9 Å². The summed E-state index contributed by atoms with van der Waals surface area (Å²) >= 11 is 1.55. The van der Waals surface area contributed by atoms with Crippen LogP contribution in [0.25, 0.3) is 0 Å². The highest BCUT2D eigenvalue weighted by Gasteiger charge is 2.40. The minimum atomic E-state index is -0.713. The highest BCUT2D eigenvalue weighted by Crippen LogP contribution is 2.25. The highest BCUT2D eigenvalue weighted by molar-refractivity contribution is 7.98. The molecule has 5 nitrogen and oxygen atoms in total. The van der Waals surface area contributed by atoms with E-state index in [9.17, 15) is 14.7 Å². The minimum Gasteiger partial charge on any atom is -0.467 e. The Balaban J connectivity index is 2.32. The SMILES string of the molecule is COC(=O)C1CC(O)CN1C(=O)c1cc(SC)ccc1C. The molecule has 0 spiro atoms. The van der Waals surface area contributed by atoms with Crippen molar-refractivity contribution in [3.05, 3.63) is 29.3 Å². The molecule has 0 aromatic heterocycles. The van der Waals surface area contributed by atoms with Crippen LogP contribution in [-0.2, 0) is 9.53 Å². The van der Waals surface area contributed by atoms with Gasteiger partial charge in [-0.05, 0) is 30.9 Å². The first-order valence-electron chi connectivity index (χ1n) is 6.69. The number of ether oxygens (including phenoxy) is 1. The molecule has 2 rings (SSSR count). The molecule has 114 valence electrons. The molecule has 0 radical (unpaired) electrons. The normalized spacial score (nSPS) is 21.4. The van der Waals surface area contributed by atoms with Crippen LogP contribution in [0, 0.1) is 6.92 Å². The van der Waals surface area contributed by atoms with Gasteiger partial charge in [-0.3, -0.25) is 4.79 Å². The number of hydrogen-bond donors (Lipinski definition) is 1. The van der Waals surface area contributed by atoms with Gasteiger partial charge in [0, 0.05) is 23.4 Å². The number of aliphatic hydroxyl groups is 1. The molecule has 1 saturated heterocycles. The van der Waals surface area contributed by atoms with E-state index in [1.54, 1.807) is 11.8 Å². The Morgan fingerprint density at radius 2 is 2.14 bits per heavy atom. The van der Waals surface area contributed by atoms with Gasteiger partial charge in [0.25, 0.3) is 5.91 Å². The molecule has 0 aliphatic carbocycles. The van der Waals surface area contributed by atoms with Crippen molar-refractivity contribution in [2.45, 2.75) is 30.4 Å². The minimum absolute atomic E-state index is 0.154. The molecular formula is C15H19NO4S. The summed E-state index contributed by atoms with van der Waals surface area (Å²) in [6.45, 7) is 2.01. The zero-order chi connectivity index (χ0) is 15.6. The number of amides is 1. The van der Waals surface area contributed by atoms with Crippen LogP contribution in [0.15, 0.2) is 23.1 Å². The number of methoxy groups -OCH3 is 1. The molecule has 1 fully saturated rings. The Morgan fingerprint density at radius 3 is 2.76 bits per heavy atom. The number of carbonyl (C=O) groups is 2. The van der Waals surface area contributed by atoms with Crippen LogP contribution in [0.3, 0.4) is 0 Å². The van der Waals surface area contributed by atoms with Gasteiger partial charge < -0.3 is 14.7 Å². The number of nitrogens with zero attached hydrogens (tertiary/aromatic N) is 1. The highest BCUT2D eigenvalue weighted by atomic mass is 32.2. The van der Waals surface area contributed by atoms with Gasteiger partial charge in [0.15, 0.2) is 0 Å². The van der Waals surface area contributed by atoms with Crippen LogP contribution in [0.1, 0.15) is 22.3 Å². The van der Waals surface area contributed by atoms with Crippen LogP contribution < -0.4 is 0 Å². The van der Waals surface area contributed by atoms with E-state index in [4.69, 9.17) is 4.74 Å². The topological polar surface area (TPSA) is 66.8 Å². The third kappa shape index (κ3) is 3.22. The van der Waals surface area contributed by atoms with E-state index in [1.165, 1.54) is 12.0 Å². The van der Waals surface area contributed by atoms with E-state index in [0.29, 0.717) is 5.56 Å². The summed E-state index contributed by atoms with van der Waals surface area (Å²) in [5.74, 6) is -0.728. The van der Waals surface area contributed by atoms with Crippen molar-refractivity contribution in [3.8, 4) is 0 Å². The largest absolute Gasteiger partial charge is 0.467 e. The summed E-state index contributed by atoms with van der Waals surface area (Å²) in [5, 5.41) is 9.77. The Bertz CT molecular complexity index is 561. The first-order chi connectivity index (χ1) is 9.97. The van der Waals surface area contributed by atoms with Crippen LogP contribution in [0.5, 0.6) is 0 Å². The summed E-state index contributed by atoms with van der Waals surface area (Å²) in [7, 11) is 1.29. The fourth-order valence-electron chi connectivity index (χ4n) is 2.51. The molecule has 6 heteroatoms. The Labute approximate surface area is 128 Å². The summed E-state index contributed by atoms with van der Waals surface area (Å²) in [5.41, 5.74) is 1.41. The molecule has 1 heterocycles. The number of β-amino-alcohol motifs (C(OH)–C–C–N with tert-alkyl or cyclic N) is 1. The third-order valence-corrected chi connectivity index (χ3v) is 4.41. The Morgan fingerprint density at radius 1 is 1.43 bits per heavy atom. The van der Waals surface area contributed by atoms with E-state index in [1.807, 2.05) is 31.4 Å². The molecule has 1 aromatic carbocycles. The van der Waals surface area contributed by atoms with Crippen LogP contribution in [0.2, 0.25) is 0 Å². The second-order valence-electron chi connectivity index (χ2n) is 5.07. The maximum absolute atomic E-state index is 12.7. The van der Waals surface area contributed by atoms with Gasteiger partial charge in [-0.2, -0.15) is 0 Å². The number of benzene rings is 1. The average Bonchev–Trinajstić information content (AvgIpc) is 2.88. The van der Waals surface area contributed by atoms with E-state index < -0.39 is 18.1 Å². The number of thioether (sulfide) groups is 1. The number of aliphatic hydroxyl groups excluding tert-OH is 1. The van der Waals surface area contributed by atoms with E-state index in [-0.39, 0.29) is 18.9 Å². The van der Waals surface area contributed by atoms with Gasteiger partial charge in [-0.1, -0.05) is 6.07 Å². The lowest BCUT2D eigenvalue weighted by Crippen LogP contribution is -2.41. The summed E-state index contributed by atoms with van der Waals surface area (Å²) in [6.07, 6.45) is 1.47.